The average molecular weight is 321 g/mol. The van der Waals surface area contributed by atoms with Gasteiger partial charge in [-0.15, -0.1) is 12.4 Å². The quantitative estimate of drug-likeness (QED) is 0.927. The maximum Gasteiger partial charge on any atom is 0.387 e. The summed E-state index contributed by atoms with van der Waals surface area (Å²) >= 11 is 0. The summed E-state index contributed by atoms with van der Waals surface area (Å²) in [7, 11) is 1.77. The van der Waals surface area contributed by atoms with Crippen molar-refractivity contribution in [3.8, 4) is 5.75 Å². The number of halogens is 3. The monoisotopic (exact) mass is 320 g/mol. The zero-order valence-electron chi connectivity index (χ0n) is 11.7. The molecule has 1 N–H and O–H groups in total. The van der Waals surface area contributed by atoms with Gasteiger partial charge in [0.1, 0.15) is 5.75 Å². The Balaban J connectivity index is 0.00000220. The number of ether oxygens (including phenoxy) is 1. The Morgan fingerprint density at radius 1 is 1.38 bits per heavy atom. The first-order valence-corrected chi connectivity index (χ1v) is 6.60. The minimum absolute atomic E-state index is 0. The lowest BCUT2D eigenvalue weighted by molar-refractivity contribution is -0.0498. The van der Waals surface area contributed by atoms with Crippen LogP contribution in [-0.2, 0) is 0 Å². The molecule has 0 saturated carbocycles. The lowest BCUT2D eigenvalue weighted by Gasteiger charge is -2.31. The van der Waals surface area contributed by atoms with E-state index in [0.29, 0.717) is 5.56 Å². The van der Waals surface area contributed by atoms with Gasteiger partial charge < -0.3 is 15.0 Å². The molecule has 7 heteroatoms. The van der Waals surface area contributed by atoms with E-state index in [4.69, 9.17) is 0 Å². The first-order valence-electron chi connectivity index (χ1n) is 6.60. The molecule has 1 heterocycles. The summed E-state index contributed by atoms with van der Waals surface area (Å²) in [6.45, 7) is -1.08. The fourth-order valence-corrected chi connectivity index (χ4v) is 2.31. The third-order valence-electron chi connectivity index (χ3n) is 3.47. The molecule has 1 fully saturated rings. The van der Waals surface area contributed by atoms with Gasteiger partial charge in [0, 0.05) is 25.2 Å². The maximum atomic E-state index is 12.3. The summed E-state index contributed by atoms with van der Waals surface area (Å²) in [5.41, 5.74) is 0.472. The van der Waals surface area contributed by atoms with Gasteiger partial charge in [-0.1, -0.05) is 0 Å². The highest BCUT2D eigenvalue weighted by atomic mass is 35.5. The number of amides is 1. The van der Waals surface area contributed by atoms with Gasteiger partial charge in [-0.2, -0.15) is 8.78 Å². The average Bonchev–Trinajstić information content (AvgIpc) is 2.47. The maximum absolute atomic E-state index is 12.3. The molecule has 1 aliphatic heterocycles. The molecule has 1 amide bonds. The predicted octanol–water partition coefficient (Wildman–Crippen LogP) is 2.53. The van der Waals surface area contributed by atoms with E-state index < -0.39 is 6.61 Å². The third kappa shape index (κ3) is 4.82. The number of hydrogen-bond acceptors (Lipinski definition) is 3. The number of hydrogen-bond donors (Lipinski definition) is 1. The van der Waals surface area contributed by atoms with Crippen molar-refractivity contribution < 1.29 is 18.3 Å². The topological polar surface area (TPSA) is 41.6 Å². The number of nitrogens with one attached hydrogen (secondary N) is 1. The lowest BCUT2D eigenvalue weighted by Crippen LogP contribution is -2.46. The summed E-state index contributed by atoms with van der Waals surface area (Å²) in [5.74, 6) is -0.0548. The molecule has 1 aromatic carbocycles. The Kier molecular flexibility index (Phi) is 6.84. The zero-order chi connectivity index (χ0) is 14.5. The molecule has 0 radical (unpaired) electrons. The van der Waals surface area contributed by atoms with E-state index >= 15 is 0 Å². The Bertz CT molecular complexity index is 451. The van der Waals surface area contributed by atoms with E-state index in [1.54, 1.807) is 11.9 Å². The van der Waals surface area contributed by atoms with Crippen molar-refractivity contribution in [2.24, 2.45) is 0 Å². The summed E-state index contributed by atoms with van der Waals surface area (Å²) in [6.07, 6.45) is 2.02. The molecule has 4 nitrogen and oxygen atoms in total. The summed E-state index contributed by atoms with van der Waals surface area (Å²) in [5, 5.41) is 3.26. The molecule has 1 aliphatic rings. The van der Waals surface area contributed by atoms with Crippen molar-refractivity contribution in [3.05, 3.63) is 29.8 Å². The first kappa shape index (κ1) is 17.7. The zero-order valence-corrected chi connectivity index (χ0v) is 12.5. The van der Waals surface area contributed by atoms with Gasteiger partial charge in [0.25, 0.3) is 5.91 Å². The standard InChI is InChI=1S/C14H18F2N2O2.ClH/c1-18(11-3-2-8-17-9-11)13(19)10-4-6-12(7-5-10)20-14(15)16;/h4-7,11,14,17H,2-3,8-9H2,1H3;1H/t11-;/m0./s1. The van der Waals surface area contributed by atoms with E-state index in [1.807, 2.05) is 0 Å². The van der Waals surface area contributed by atoms with Crippen molar-refractivity contribution in [1.29, 1.82) is 0 Å². The van der Waals surface area contributed by atoms with Crippen LogP contribution in [0.1, 0.15) is 23.2 Å². The van der Waals surface area contributed by atoms with Gasteiger partial charge in [-0.25, -0.2) is 0 Å². The summed E-state index contributed by atoms with van der Waals surface area (Å²) < 4.78 is 28.4. The molecular formula is C14H19ClF2N2O2. The van der Waals surface area contributed by atoms with Crippen LogP contribution in [0.3, 0.4) is 0 Å². The molecule has 0 bridgehead atoms. The van der Waals surface area contributed by atoms with Gasteiger partial charge in [-0.3, -0.25) is 4.79 Å². The Morgan fingerprint density at radius 2 is 2.05 bits per heavy atom. The highest BCUT2D eigenvalue weighted by Gasteiger charge is 2.22. The highest BCUT2D eigenvalue weighted by Crippen LogP contribution is 2.17. The number of benzene rings is 1. The van der Waals surface area contributed by atoms with Crippen LogP contribution in [0.15, 0.2) is 24.3 Å². The second-order valence-electron chi connectivity index (χ2n) is 4.82. The van der Waals surface area contributed by atoms with E-state index in [1.165, 1.54) is 24.3 Å². The molecule has 1 atom stereocenters. The van der Waals surface area contributed by atoms with Crippen LogP contribution < -0.4 is 10.1 Å². The molecule has 0 spiro atoms. The lowest BCUT2D eigenvalue weighted by atomic mass is 10.1. The van der Waals surface area contributed by atoms with E-state index in [-0.39, 0.29) is 30.1 Å². The Morgan fingerprint density at radius 3 is 2.57 bits per heavy atom. The smallest absolute Gasteiger partial charge is 0.387 e. The van der Waals surface area contributed by atoms with Crippen LogP contribution in [0.4, 0.5) is 8.78 Å². The molecule has 0 aliphatic carbocycles. The van der Waals surface area contributed by atoms with Gasteiger partial charge in [0.15, 0.2) is 0 Å². The van der Waals surface area contributed by atoms with E-state index in [2.05, 4.69) is 10.1 Å². The fraction of sp³-hybridized carbons (Fsp3) is 0.500. The van der Waals surface area contributed by atoms with Gasteiger partial charge >= 0.3 is 6.61 Å². The minimum Gasteiger partial charge on any atom is -0.435 e. The summed E-state index contributed by atoms with van der Waals surface area (Å²) in [4.78, 5) is 14.0. The number of rotatable bonds is 4. The number of piperidine rings is 1. The van der Waals surface area contributed by atoms with Crippen molar-refractivity contribution in [2.45, 2.75) is 25.5 Å². The fourth-order valence-electron chi connectivity index (χ4n) is 2.31. The second kappa shape index (κ2) is 8.14. The molecule has 1 saturated heterocycles. The van der Waals surface area contributed by atoms with E-state index in [9.17, 15) is 13.6 Å². The normalized spacial score (nSPS) is 18.0. The van der Waals surface area contributed by atoms with Crippen LogP contribution in [0.25, 0.3) is 0 Å². The van der Waals surface area contributed by atoms with Gasteiger partial charge in [0.2, 0.25) is 0 Å². The number of carbonyl (C=O) groups excluding carboxylic acids is 1. The molecule has 0 unspecified atom stereocenters. The molecule has 21 heavy (non-hydrogen) atoms. The molecule has 1 aromatic rings. The first-order chi connectivity index (χ1) is 9.58. The number of carbonyl (C=O) groups is 1. The third-order valence-corrected chi connectivity index (χ3v) is 3.47. The molecular weight excluding hydrogens is 302 g/mol. The number of nitrogens with zero attached hydrogens (tertiary/aromatic N) is 1. The van der Waals surface area contributed by atoms with E-state index in [0.717, 1.165) is 25.9 Å². The predicted molar refractivity (Wildman–Crippen MR) is 78.3 cm³/mol. The summed E-state index contributed by atoms with van der Waals surface area (Å²) in [6, 6.07) is 5.95. The largest absolute Gasteiger partial charge is 0.435 e. The molecule has 2 rings (SSSR count). The second-order valence-corrected chi connectivity index (χ2v) is 4.82. The number of likely N-dealkylation sites (N-methyl/N-ethyl adjacent to an activating group) is 1. The van der Waals surface area contributed by atoms with Crippen molar-refractivity contribution in [3.63, 3.8) is 0 Å². The minimum atomic E-state index is -2.85. The SMILES string of the molecule is CN(C(=O)c1ccc(OC(F)F)cc1)[C@H]1CCCNC1.Cl. The molecule has 118 valence electrons. The van der Waals surface area contributed by atoms with Gasteiger partial charge in [0.05, 0.1) is 0 Å². The van der Waals surface area contributed by atoms with Crippen molar-refractivity contribution in [2.75, 3.05) is 20.1 Å². The number of alkyl halides is 2. The Labute approximate surface area is 128 Å². The van der Waals surface area contributed by atoms with Crippen LogP contribution in [0.2, 0.25) is 0 Å². The van der Waals surface area contributed by atoms with Crippen LogP contribution in [0.5, 0.6) is 5.75 Å². The van der Waals surface area contributed by atoms with Crippen LogP contribution >= 0.6 is 12.4 Å². The van der Waals surface area contributed by atoms with Crippen molar-refractivity contribution in [1.82, 2.24) is 10.2 Å². The highest BCUT2D eigenvalue weighted by molar-refractivity contribution is 5.94. The Hall–Kier alpha value is -1.40. The van der Waals surface area contributed by atoms with Crippen molar-refractivity contribution >= 4 is 18.3 Å². The molecule has 0 aromatic heterocycles. The van der Waals surface area contributed by atoms with Crippen LogP contribution in [0, 0.1) is 0 Å². The van der Waals surface area contributed by atoms with Gasteiger partial charge in [-0.05, 0) is 43.7 Å². The van der Waals surface area contributed by atoms with Crippen LogP contribution in [-0.4, -0.2) is 43.6 Å².